The molecule has 0 aliphatic heterocycles. The maximum Gasteiger partial charge on any atom is 0.422 e. The topological polar surface area (TPSA) is 74.1 Å². The number of alkyl halides is 3. The Morgan fingerprint density at radius 2 is 2.05 bits per heavy atom. The zero-order valence-electron chi connectivity index (χ0n) is 11.5. The van der Waals surface area contributed by atoms with E-state index in [2.05, 4.69) is 14.5 Å². The minimum Gasteiger partial charge on any atom is -0.382 e. The van der Waals surface area contributed by atoms with Crippen LogP contribution in [0.5, 0.6) is 5.75 Å². The van der Waals surface area contributed by atoms with Crippen molar-refractivity contribution in [3.8, 4) is 5.75 Å². The zero-order valence-corrected chi connectivity index (χ0v) is 12.3. The number of hydrogen-bond acceptors (Lipinski definition) is 5. The monoisotopic (exact) mass is 335 g/mol. The summed E-state index contributed by atoms with van der Waals surface area (Å²) in [6, 6.07) is 2.33. The molecule has 0 unspecified atom stereocenters. The lowest BCUT2D eigenvalue weighted by Crippen LogP contribution is -2.13. The van der Waals surface area contributed by atoms with Gasteiger partial charge in [0.25, 0.3) is 0 Å². The summed E-state index contributed by atoms with van der Waals surface area (Å²) in [7, 11) is -4.09. The molecule has 6 nitrogen and oxygen atoms in total. The summed E-state index contributed by atoms with van der Waals surface area (Å²) >= 11 is 0. The molecule has 1 fully saturated rings. The molecule has 1 aromatic heterocycles. The van der Waals surface area contributed by atoms with Gasteiger partial charge in [0.05, 0.1) is 11.8 Å². The first-order chi connectivity index (χ1) is 10.1. The molecule has 0 amide bonds. The maximum atomic E-state index is 13.3. The van der Waals surface area contributed by atoms with Gasteiger partial charge in [-0.3, -0.25) is 0 Å². The van der Waals surface area contributed by atoms with Gasteiger partial charge in [-0.2, -0.15) is 21.6 Å². The summed E-state index contributed by atoms with van der Waals surface area (Å²) in [5.74, 6) is -0.382. The Morgan fingerprint density at radius 1 is 1.36 bits per heavy atom. The van der Waals surface area contributed by atoms with E-state index in [4.69, 9.17) is 0 Å². The summed E-state index contributed by atoms with van der Waals surface area (Å²) in [6.45, 7) is 0.500. The molecule has 0 spiro atoms. The van der Waals surface area contributed by atoms with E-state index in [0.717, 1.165) is 18.9 Å². The molecule has 1 heterocycles. The van der Waals surface area contributed by atoms with E-state index < -0.39 is 33.1 Å². The van der Waals surface area contributed by atoms with Gasteiger partial charge in [0.1, 0.15) is 11.1 Å². The summed E-state index contributed by atoms with van der Waals surface area (Å²) in [5, 5.41) is 7.32. The number of benzene rings is 1. The molecule has 1 saturated carbocycles. The summed E-state index contributed by atoms with van der Waals surface area (Å²) < 4.78 is 68.0. The smallest absolute Gasteiger partial charge is 0.382 e. The third-order valence-corrected chi connectivity index (χ3v) is 3.78. The Morgan fingerprint density at radius 3 is 2.59 bits per heavy atom. The van der Waals surface area contributed by atoms with Gasteiger partial charge in [-0.25, -0.2) is 4.68 Å². The van der Waals surface area contributed by atoms with Crippen molar-refractivity contribution in [3.05, 3.63) is 17.7 Å². The molecule has 0 bridgehead atoms. The minimum absolute atomic E-state index is 0.208. The quantitative estimate of drug-likeness (QED) is 0.801. The molecule has 0 N–H and O–H groups in total. The van der Waals surface area contributed by atoms with E-state index in [0.29, 0.717) is 18.7 Å². The van der Waals surface area contributed by atoms with Crippen LogP contribution in [0.15, 0.2) is 12.1 Å². The fraction of sp³-hybridized carbons (Fsp3) is 0.500. The Kier molecular flexibility index (Phi) is 3.31. The van der Waals surface area contributed by atoms with Gasteiger partial charge < -0.3 is 4.18 Å². The van der Waals surface area contributed by atoms with Crippen molar-refractivity contribution in [1.82, 2.24) is 15.0 Å². The first-order valence-electron chi connectivity index (χ1n) is 6.48. The third-order valence-electron chi connectivity index (χ3n) is 3.30. The normalized spacial score (nSPS) is 16.2. The third kappa shape index (κ3) is 3.01. The SMILES string of the molecule is CS(=O)(=O)Oc1ccc2c(nnn2CC2CC2)c1C(F)(F)F. The number of hydrogen-bond donors (Lipinski definition) is 0. The minimum atomic E-state index is -4.81. The van der Waals surface area contributed by atoms with Crippen molar-refractivity contribution in [3.63, 3.8) is 0 Å². The van der Waals surface area contributed by atoms with Crippen molar-refractivity contribution < 1.29 is 25.8 Å². The number of fused-ring (bicyclic) bond motifs is 1. The van der Waals surface area contributed by atoms with E-state index in [1.807, 2.05) is 0 Å². The molecule has 0 radical (unpaired) electrons. The van der Waals surface area contributed by atoms with Gasteiger partial charge in [-0.05, 0) is 30.9 Å². The highest BCUT2D eigenvalue weighted by Gasteiger charge is 2.39. The number of halogens is 3. The predicted molar refractivity (Wildman–Crippen MR) is 70.7 cm³/mol. The molecule has 0 saturated heterocycles. The molecule has 10 heteroatoms. The average molecular weight is 335 g/mol. The van der Waals surface area contributed by atoms with E-state index in [9.17, 15) is 21.6 Å². The summed E-state index contributed by atoms with van der Waals surface area (Å²) in [5.41, 5.74) is -1.42. The van der Waals surface area contributed by atoms with Gasteiger partial charge in [0.15, 0.2) is 5.75 Å². The van der Waals surface area contributed by atoms with Gasteiger partial charge in [-0.1, -0.05) is 5.21 Å². The Bertz CT molecular complexity index is 825. The van der Waals surface area contributed by atoms with Crippen molar-refractivity contribution in [2.24, 2.45) is 5.92 Å². The van der Waals surface area contributed by atoms with E-state index >= 15 is 0 Å². The van der Waals surface area contributed by atoms with Crippen LogP contribution < -0.4 is 4.18 Å². The van der Waals surface area contributed by atoms with Crippen LogP contribution >= 0.6 is 0 Å². The van der Waals surface area contributed by atoms with E-state index in [-0.39, 0.29) is 5.52 Å². The highest BCUT2D eigenvalue weighted by atomic mass is 32.2. The Hall–Kier alpha value is -1.84. The highest BCUT2D eigenvalue weighted by Crippen LogP contribution is 2.41. The van der Waals surface area contributed by atoms with Crippen molar-refractivity contribution in [2.45, 2.75) is 25.6 Å². The van der Waals surface area contributed by atoms with Crippen LogP contribution in [0.2, 0.25) is 0 Å². The highest BCUT2D eigenvalue weighted by molar-refractivity contribution is 7.86. The van der Waals surface area contributed by atoms with Gasteiger partial charge >= 0.3 is 16.3 Å². The van der Waals surface area contributed by atoms with Crippen LogP contribution in [-0.4, -0.2) is 29.7 Å². The van der Waals surface area contributed by atoms with Crippen LogP contribution in [0.4, 0.5) is 13.2 Å². The van der Waals surface area contributed by atoms with Crippen molar-refractivity contribution >= 4 is 21.2 Å². The van der Waals surface area contributed by atoms with Gasteiger partial charge in [0, 0.05) is 6.54 Å². The fourth-order valence-electron chi connectivity index (χ4n) is 2.20. The number of rotatable bonds is 4. The van der Waals surface area contributed by atoms with Gasteiger partial charge in [0.2, 0.25) is 0 Å². The lowest BCUT2D eigenvalue weighted by molar-refractivity contribution is -0.137. The second kappa shape index (κ2) is 4.83. The van der Waals surface area contributed by atoms with Crippen LogP contribution in [-0.2, 0) is 22.8 Å². The molecule has 0 atom stereocenters. The number of nitrogens with zero attached hydrogens (tertiary/aromatic N) is 3. The lowest BCUT2D eigenvalue weighted by atomic mass is 10.1. The predicted octanol–water partition coefficient (Wildman–Crippen LogP) is 2.20. The summed E-state index contributed by atoms with van der Waals surface area (Å²) in [4.78, 5) is 0. The Labute approximate surface area is 124 Å². The maximum absolute atomic E-state index is 13.3. The lowest BCUT2D eigenvalue weighted by Gasteiger charge is -2.13. The molecule has 1 aliphatic rings. The average Bonchev–Trinajstić information content (AvgIpc) is 3.06. The number of aromatic nitrogens is 3. The fourth-order valence-corrected chi connectivity index (χ4v) is 2.67. The van der Waals surface area contributed by atoms with E-state index in [1.54, 1.807) is 0 Å². The molecule has 22 heavy (non-hydrogen) atoms. The Balaban J connectivity index is 2.16. The zero-order chi connectivity index (χ0) is 16.1. The van der Waals surface area contributed by atoms with Crippen LogP contribution in [0.25, 0.3) is 11.0 Å². The van der Waals surface area contributed by atoms with Crippen LogP contribution in [0.3, 0.4) is 0 Å². The van der Waals surface area contributed by atoms with Crippen molar-refractivity contribution in [2.75, 3.05) is 6.26 Å². The first kappa shape index (κ1) is 15.1. The van der Waals surface area contributed by atoms with Gasteiger partial charge in [-0.15, -0.1) is 5.10 Å². The molecule has 120 valence electrons. The van der Waals surface area contributed by atoms with Crippen LogP contribution in [0.1, 0.15) is 18.4 Å². The molecular formula is C12H12F3N3O3S. The standard InChI is InChI=1S/C12H12F3N3O3S/c1-22(19,20)21-9-5-4-8-11(10(9)12(13,14)15)16-17-18(8)6-7-2-3-7/h4-5,7H,2-3,6H2,1H3. The molecule has 3 rings (SSSR count). The van der Waals surface area contributed by atoms with E-state index in [1.165, 1.54) is 10.7 Å². The first-order valence-corrected chi connectivity index (χ1v) is 8.29. The van der Waals surface area contributed by atoms with Crippen LogP contribution in [0, 0.1) is 5.92 Å². The second-order valence-corrected chi connectivity index (χ2v) is 6.88. The largest absolute Gasteiger partial charge is 0.422 e. The second-order valence-electron chi connectivity index (χ2n) is 5.31. The molecule has 1 aliphatic carbocycles. The molecule has 1 aromatic carbocycles. The molecular weight excluding hydrogens is 323 g/mol. The summed E-state index contributed by atoms with van der Waals surface area (Å²) in [6.07, 6.45) is -2.09. The van der Waals surface area contributed by atoms with Crippen molar-refractivity contribution in [1.29, 1.82) is 0 Å². The molecule has 2 aromatic rings.